The monoisotopic (exact) mass is 201 g/mol. The number of morpholine rings is 1. The van der Waals surface area contributed by atoms with Crippen LogP contribution < -0.4 is 0 Å². The number of hydrogen-bond acceptors (Lipinski definition) is 4. The fraction of sp³-hybridized carbons (Fsp3) is 0.778. The van der Waals surface area contributed by atoms with Crippen molar-refractivity contribution in [3.8, 4) is 0 Å². The van der Waals surface area contributed by atoms with E-state index in [2.05, 4.69) is 0 Å². The highest BCUT2D eigenvalue weighted by atomic mass is 16.5. The van der Waals surface area contributed by atoms with Crippen LogP contribution >= 0.6 is 0 Å². The van der Waals surface area contributed by atoms with Gasteiger partial charge in [0.1, 0.15) is 13.2 Å². The normalized spacial score (nSPS) is 22.4. The molecule has 1 N–H and O–H groups in total. The maximum absolute atomic E-state index is 11.3. The second-order valence-electron chi connectivity index (χ2n) is 3.58. The van der Waals surface area contributed by atoms with Gasteiger partial charge in [-0.15, -0.1) is 0 Å². The summed E-state index contributed by atoms with van der Waals surface area (Å²) in [7, 11) is 0. The summed E-state index contributed by atoms with van der Waals surface area (Å²) in [6.07, 6.45) is -0.120. The lowest BCUT2D eigenvalue weighted by Gasteiger charge is -2.31. The number of carbonyl (C=O) groups is 2. The van der Waals surface area contributed by atoms with Crippen LogP contribution in [0.4, 0.5) is 0 Å². The predicted molar refractivity (Wildman–Crippen MR) is 48.4 cm³/mol. The molecule has 1 aliphatic rings. The molecule has 0 aromatic carbocycles. The van der Waals surface area contributed by atoms with Gasteiger partial charge >= 0.3 is 0 Å². The van der Waals surface area contributed by atoms with Gasteiger partial charge in [0.15, 0.2) is 0 Å². The Balaban J connectivity index is 2.63. The predicted octanol–water partition coefficient (Wildman–Crippen LogP) is -0.469. The third-order valence-electron chi connectivity index (χ3n) is 2.11. The zero-order valence-corrected chi connectivity index (χ0v) is 8.40. The molecule has 80 valence electrons. The van der Waals surface area contributed by atoms with E-state index in [0.717, 1.165) is 0 Å². The molecule has 0 aromatic rings. The van der Waals surface area contributed by atoms with Crippen molar-refractivity contribution < 1.29 is 19.4 Å². The lowest BCUT2D eigenvalue weighted by atomic mass is 10.1. The number of aliphatic hydroxyl groups is 1. The molecule has 2 atom stereocenters. The summed E-state index contributed by atoms with van der Waals surface area (Å²) in [5, 5.41) is 9.15. The molecule has 5 heteroatoms. The number of hydrogen-bond donors (Lipinski definition) is 1. The van der Waals surface area contributed by atoms with Crippen LogP contribution in [0, 0.1) is 0 Å². The Kier molecular flexibility index (Phi) is 3.60. The number of amides is 2. The highest BCUT2D eigenvalue weighted by molar-refractivity contribution is 5.98. The van der Waals surface area contributed by atoms with Crippen molar-refractivity contribution in [2.75, 3.05) is 13.2 Å². The van der Waals surface area contributed by atoms with E-state index < -0.39 is 6.10 Å². The van der Waals surface area contributed by atoms with Crippen LogP contribution in [0.2, 0.25) is 0 Å². The lowest BCUT2D eigenvalue weighted by Crippen LogP contribution is -2.51. The van der Waals surface area contributed by atoms with E-state index in [4.69, 9.17) is 9.84 Å². The maximum atomic E-state index is 11.3. The lowest BCUT2D eigenvalue weighted by molar-refractivity contribution is -0.161. The van der Waals surface area contributed by atoms with E-state index >= 15 is 0 Å². The van der Waals surface area contributed by atoms with E-state index in [0.29, 0.717) is 6.42 Å². The first-order valence-corrected chi connectivity index (χ1v) is 4.63. The molecule has 0 radical (unpaired) electrons. The van der Waals surface area contributed by atoms with Crippen LogP contribution in [0.5, 0.6) is 0 Å². The van der Waals surface area contributed by atoms with Crippen LogP contribution in [0.25, 0.3) is 0 Å². The molecule has 0 spiro atoms. The zero-order chi connectivity index (χ0) is 10.7. The van der Waals surface area contributed by atoms with Crippen LogP contribution in [0.3, 0.4) is 0 Å². The van der Waals surface area contributed by atoms with Gasteiger partial charge < -0.3 is 9.84 Å². The third-order valence-corrected chi connectivity index (χ3v) is 2.11. The van der Waals surface area contributed by atoms with E-state index in [1.54, 1.807) is 13.8 Å². The van der Waals surface area contributed by atoms with Crippen molar-refractivity contribution in [3.63, 3.8) is 0 Å². The Morgan fingerprint density at radius 2 is 1.86 bits per heavy atom. The second kappa shape index (κ2) is 4.52. The number of carbonyl (C=O) groups excluding carboxylic acids is 2. The summed E-state index contributed by atoms with van der Waals surface area (Å²) >= 11 is 0. The minimum absolute atomic E-state index is 0.0457. The average Bonchev–Trinajstić information content (AvgIpc) is 2.01. The van der Waals surface area contributed by atoms with E-state index in [9.17, 15) is 9.59 Å². The Hall–Kier alpha value is -0.940. The first-order valence-electron chi connectivity index (χ1n) is 4.63. The second-order valence-corrected chi connectivity index (χ2v) is 3.58. The highest BCUT2D eigenvalue weighted by Gasteiger charge is 2.31. The summed E-state index contributed by atoms with van der Waals surface area (Å²) in [6.45, 7) is 3.28. The van der Waals surface area contributed by atoms with E-state index in [1.165, 1.54) is 4.90 Å². The number of rotatable bonds is 3. The minimum Gasteiger partial charge on any atom is -0.393 e. The molecule has 0 aliphatic carbocycles. The Morgan fingerprint density at radius 3 is 2.29 bits per heavy atom. The van der Waals surface area contributed by atoms with Crippen LogP contribution in [0.1, 0.15) is 20.3 Å². The molecule has 0 bridgehead atoms. The van der Waals surface area contributed by atoms with Crippen LogP contribution in [0.15, 0.2) is 0 Å². The molecule has 1 saturated heterocycles. The van der Waals surface area contributed by atoms with Gasteiger partial charge in [-0.2, -0.15) is 0 Å². The van der Waals surface area contributed by atoms with Crippen LogP contribution in [-0.4, -0.2) is 47.2 Å². The maximum Gasteiger partial charge on any atom is 0.255 e. The van der Waals surface area contributed by atoms with Crippen molar-refractivity contribution in [1.29, 1.82) is 0 Å². The number of nitrogens with zero attached hydrogens (tertiary/aromatic N) is 1. The summed E-state index contributed by atoms with van der Waals surface area (Å²) < 4.78 is 4.78. The average molecular weight is 201 g/mol. The van der Waals surface area contributed by atoms with Gasteiger partial charge in [-0.3, -0.25) is 14.5 Å². The molecule has 1 fully saturated rings. The van der Waals surface area contributed by atoms with Gasteiger partial charge in [0.25, 0.3) is 11.8 Å². The minimum atomic E-state index is -0.520. The molecule has 2 unspecified atom stereocenters. The van der Waals surface area contributed by atoms with Crippen LogP contribution in [-0.2, 0) is 14.3 Å². The fourth-order valence-corrected chi connectivity index (χ4v) is 1.59. The summed E-state index contributed by atoms with van der Waals surface area (Å²) in [6, 6.07) is -0.265. The Morgan fingerprint density at radius 1 is 1.36 bits per heavy atom. The Bertz CT molecular complexity index is 223. The van der Waals surface area contributed by atoms with Gasteiger partial charge in [0.05, 0.1) is 6.10 Å². The quantitative estimate of drug-likeness (QED) is 0.627. The number of ether oxygens (including phenoxy) is 1. The van der Waals surface area contributed by atoms with Gasteiger partial charge in [-0.1, -0.05) is 0 Å². The molecular formula is C9H15NO4. The molecule has 5 nitrogen and oxygen atoms in total. The first-order chi connectivity index (χ1) is 6.52. The molecule has 0 aromatic heterocycles. The van der Waals surface area contributed by atoms with Crippen molar-refractivity contribution in [1.82, 2.24) is 4.90 Å². The van der Waals surface area contributed by atoms with Crippen molar-refractivity contribution >= 4 is 11.8 Å². The summed E-state index contributed by atoms with van der Waals surface area (Å²) in [4.78, 5) is 23.8. The summed E-state index contributed by atoms with van der Waals surface area (Å²) in [5.74, 6) is -0.649. The topological polar surface area (TPSA) is 66.8 Å². The smallest absolute Gasteiger partial charge is 0.255 e. The van der Waals surface area contributed by atoms with Gasteiger partial charge in [0, 0.05) is 6.04 Å². The standard InChI is InChI=1S/C9H15NO4/c1-6(3-7(2)11)10-8(12)4-14-5-9(10)13/h6-7,11H,3-5H2,1-2H3. The molecule has 1 rings (SSSR count). The van der Waals surface area contributed by atoms with Gasteiger partial charge in [0.2, 0.25) is 0 Å². The number of aliphatic hydroxyl groups excluding tert-OH is 1. The van der Waals surface area contributed by atoms with Crippen molar-refractivity contribution in [3.05, 3.63) is 0 Å². The molecule has 0 saturated carbocycles. The third kappa shape index (κ3) is 2.52. The highest BCUT2D eigenvalue weighted by Crippen LogP contribution is 2.11. The van der Waals surface area contributed by atoms with E-state index in [1.807, 2.05) is 0 Å². The van der Waals surface area contributed by atoms with Gasteiger partial charge in [-0.05, 0) is 20.3 Å². The molecule has 2 amide bonds. The van der Waals surface area contributed by atoms with E-state index in [-0.39, 0.29) is 31.1 Å². The van der Waals surface area contributed by atoms with Crippen molar-refractivity contribution in [2.24, 2.45) is 0 Å². The zero-order valence-electron chi connectivity index (χ0n) is 8.40. The first kappa shape index (κ1) is 11.1. The molecule has 14 heavy (non-hydrogen) atoms. The Labute approximate surface area is 82.6 Å². The SMILES string of the molecule is CC(O)CC(C)N1C(=O)COCC1=O. The fourth-order valence-electron chi connectivity index (χ4n) is 1.59. The molecular weight excluding hydrogens is 186 g/mol. The molecule has 1 heterocycles. The van der Waals surface area contributed by atoms with Crippen molar-refractivity contribution in [2.45, 2.75) is 32.4 Å². The number of imide groups is 1. The summed E-state index contributed by atoms with van der Waals surface area (Å²) in [5.41, 5.74) is 0. The largest absolute Gasteiger partial charge is 0.393 e. The molecule has 1 aliphatic heterocycles. The van der Waals surface area contributed by atoms with Gasteiger partial charge in [-0.25, -0.2) is 0 Å².